The van der Waals surface area contributed by atoms with Gasteiger partial charge in [-0.3, -0.25) is 0 Å². The Morgan fingerprint density at radius 2 is 1.11 bits per heavy atom. The van der Waals surface area contributed by atoms with Crippen LogP contribution in [-0.4, -0.2) is 9.55 Å². The zero-order valence-corrected chi connectivity index (χ0v) is 40.9. The standard InChI is InChI=1S/C58H57N4O.Pt/c1-55(2,3)40-21-24-46(25-22-40)60-31-32-61(39-60)47-33-45(58(9,10)42-19-15-12-16-20-42)34-49(37-47)63-48-26-27-50-51-35-43(56(4,5)6)23-28-52(51)62(53(50)38-48)54-36-44(29-30-59-54)57(7,8)41-17-13-11-14-18-41;/h11-36,39H,1-10H3;/q-3;. The molecule has 0 N–H and O–H groups in total. The van der Waals surface area contributed by atoms with Gasteiger partial charge in [0.1, 0.15) is 5.82 Å². The summed E-state index contributed by atoms with van der Waals surface area (Å²) in [5.41, 5.74) is 10.8. The summed E-state index contributed by atoms with van der Waals surface area (Å²) in [5.74, 6) is 2.05. The average molecular weight is 1020 g/mol. The second-order valence-corrected chi connectivity index (χ2v) is 20.0. The third kappa shape index (κ3) is 8.55. The van der Waals surface area contributed by atoms with Gasteiger partial charge in [-0.25, -0.2) is 4.98 Å². The van der Waals surface area contributed by atoms with Crippen LogP contribution in [0.15, 0.2) is 158 Å². The molecular weight excluding hydrogens is 964 g/mol. The van der Waals surface area contributed by atoms with Crippen molar-refractivity contribution in [2.75, 3.05) is 9.80 Å². The molecule has 5 nitrogen and oxygen atoms in total. The van der Waals surface area contributed by atoms with Gasteiger partial charge in [-0.1, -0.05) is 160 Å². The number of aromatic nitrogens is 2. The van der Waals surface area contributed by atoms with Gasteiger partial charge >= 0.3 is 0 Å². The summed E-state index contributed by atoms with van der Waals surface area (Å²) in [5, 5.41) is 2.25. The minimum absolute atomic E-state index is 0. The second-order valence-electron chi connectivity index (χ2n) is 20.0. The molecule has 1 aliphatic rings. The fraction of sp³-hybridized carbons (Fsp3) is 0.241. The van der Waals surface area contributed by atoms with Crippen molar-refractivity contribution in [3.05, 3.63) is 210 Å². The Hall–Kier alpha value is -5.90. The molecule has 9 rings (SSSR count). The summed E-state index contributed by atoms with van der Waals surface area (Å²) in [6.45, 7) is 24.7. The molecule has 1 aliphatic heterocycles. The van der Waals surface area contributed by atoms with E-state index in [-0.39, 0.29) is 42.7 Å². The molecule has 8 aromatic rings. The summed E-state index contributed by atoms with van der Waals surface area (Å²) in [4.78, 5) is 9.27. The van der Waals surface area contributed by atoms with Gasteiger partial charge in [0.25, 0.3) is 0 Å². The molecule has 0 saturated carbocycles. The number of ether oxygens (including phenoxy) is 1. The van der Waals surface area contributed by atoms with Crippen LogP contribution in [0.1, 0.15) is 103 Å². The van der Waals surface area contributed by atoms with Crippen LogP contribution in [0.5, 0.6) is 11.5 Å². The van der Waals surface area contributed by atoms with Gasteiger partial charge < -0.3 is 19.1 Å². The van der Waals surface area contributed by atoms with Gasteiger partial charge in [0.2, 0.25) is 0 Å². The van der Waals surface area contributed by atoms with Crippen molar-refractivity contribution in [1.82, 2.24) is 9.55 Å². The van der Waals surface area contributed by atoms with Crippen LogP contribution in [0.3, 0.4) is 0 Å². The number of benzene rings is 6. The van der Waals surface area contributed by atoms with Crippen LogP contribution >= 0.6 is 0 Å². The molecule has 0 aliphatic carbocycles. The Bertz CT molecular complexity index is 2970. The molecule has 328 valence electrons. The minimum atomic E-state index is -0.329. The molecule has 0 atom stereocenters. The number of nitrogens with zero attached hydrogens (tertiary/aromatic N) is 4. The first kappa shape index (κ1) is 44.7. The summed E-state index contributed by atoms with van der Waals surface area (Å²) in [7, 11) is 0. The SMILES string of the molecule is CC(C)(C)c1ccc(N2C=CN(c3[c-]c(Oc4[c-]c5c(cc4)c4cc(C(C)(C)C)ccc4n5-c4cc(C(C)(C)c5ccccc5)ccn4)cc(C(C)(C)c4ccccc4)c3)[CH-]2)cc1.[Pt]. The van der Waals surface area contributed by atoms with E-state index in [0.717, 1.165) is 44.6 Å². The fourth-order valence-electron chi connectivity index (χ4n) is 8.65. The second kappa shape index (κ2) is 16.9. The number of rotatable bonds is 9. The molecule has 64 heavy (non-hydrogen) atoms. The Morgan fingerprint density at radius 3 is 1.75 bits per heavy atom. The molecule has 6 aromatic carbocycles. The fourth-order valence-corrected chi connectivity index (χ4v) is 8.65. The van der Waals surface area contributed by atoms with E-state index in [1.807, 2.05) is 12.3 Å². The van der Waals surface area contributed by atoms with E-state index < -0.39 is 0 Å². The average Bonchev–Trinajstić information content (AvgIpc) is 3.90. The van der Waals surface area contributed by atoms with Crippen LogP contribution in [0.2, 0.25) is 0 Å². The number of hydrogen-bond acceptors (Lipinski definition) is 4. The number of hydrogen-bond donors (Lipinski definition) is 0. The monoisotopic (exact) mass is 1020 g/mol. The maximum absolute atomic E-state index is 6.89. The molecule has 3 heterocycles. The van der Waals surface area contributed by atoms with Gasteiger partial charge in [-0.2, -0.15) is 6.07 Å². The normalized spacial score (nSPS) is 13.5. The molecule has 6 heteroatoms. The van der Waals surface area contributed by atoms with Gasteiger partial charge in [-0.05, 0) is 92.2 Å². The predicted octanol–water partition coefficient (Wildman–Crippen LogP) is 14.7. The molecule has 0 saturated heterocycles. The first-order valence-electron chi connectivity index (χ1n) is 22.0. The molecule has 0 amide bonds. The third-order valence-corrected chi connectivity index (χ3v) is 12.9. The van der Waals surface area contributed by atoms with Gasteiger partial charge in [-0.15, -0.1) is 53.6 Å². The van der Waals surface area contributed by atoms with E-state index in [9.17, 15) is 0 Å². The predicted molar refractivity (Wildman–Crippen MR) is 262 cm³/mol. The van der Waals surface area contributed by atoms with Crippen molar-refractivity contribution in [3.63, 3.8) is 0 Å². The first-order valence-corrected chi connectivity index (χ1v) is 22.0. The molecule has 0 unspecified atom stereocenters. The Kier molecular flexibility index (Phi) is 11.8. The smallest absolute Gasteiger partial charge is 0.135 e. The first-order chi connectivity index (χ1) is 30.0. The van der Waals surface area contributed by atoms with Crippen molar-refractivity contribution in [3.8, 4) is 17.3 Å². The summed E-state index contributed by atoms with van der Waals surface area (Å²) in [6, 6.07) is 57.2. The van der Waals surface area contributed by atoms with E-state index >= 15 is 0 Å². The quantitative estimate of drug-likeness (QED) is 0.135. The van der Waals surface area contributed by atoms with Crippen molar-refractivity contribution in [2.45, 2.75) is 90.9 Å². The van der Waals surface area contributed by atoms with Gasteiger partial charge in [0, 0.05) is 55.4 Å². The summed E-state index contributed by atoms with van der Waals surface area (Å²) >= 11 is 0. The van der Waals surface area contributed by atoms with E-state index in [1.54, 1.807) is 0 Å². The number of pyridine rings is 1. The van der Waals surface area contributed by atoms with Crippen LogP contribution in [0.4, 0.5) is 11.4 Å². The Balaban J connectivity index is 0.00000560. The maximum atomic E-state index is 6.89. The van der Waals surface area contributed by atoms with E-state index in [0.29, 0.717) is 11.5 Å². The van der Waals surface area contributed by atoms with Gasteiger partial charge in [0.05, 0.1) is 0 Å². The molecular formula is C58H57N4OPt-3. The zero-order chi connectivity index (χ0) is 44.3. The molecule has 0 spiro atoms. The van der Waals surface area contributed by atoms with Crippen LogP contribution in [-0.2, 0) is 42.7 Å². The number of anilines is 2. The largest absolute Gasteiger partial charge is 0.509 e. The molecule has 2 aromatic heterocycles. The van der Waals surface area contributed by atoms with E-state index in [1.165, 1.54) is 27.8 Å². The molecule has 0 fully saturated rings. The summed E-state index contributed by atoms with van der Waals surface area (Å²) < 4.78 is 9.13. The van der Waals surface area contributed by atoms with E-state index in [4.69, 9.17) is 9.72 Å². The zero-order valence-electron chi connectivity index (χ0n) is 38.6. The van der Waals surface area contributed by atoms with Crippen LogP contribution < -0.4 is 14.5 Å². The summed E-state index contributed by atoms with van der Waals surface area (Å²) in [6.07, 6.45) is 6.10. The Labute approximate surface area is 394 Å². The van der Waals surface area contributed by atoms with Crippen LogP contribution in [0, 0.1) is 18.8 Å². The van der Waals surface area contributed by atoms with Crippen molar-refractivity contribution in [1.29, 1.82) is 0 Å². The third-order valence-electron chi connectivity index (χ3n) is 12.9. The topological polar surface area (TPSA) is 33.5 Å². The van der Waals surface area contributed by atoms with Crippen LogP contribution in [0.25, 0.3) is 27.6 Å². The van der Waals surface area contributed by atoms with Crippen molar-refractivity contribution in [2.24, 2.45) is 0 Å². The molecule has 0 radical (unpaired) electrons. The maximum Gasteiger partial charge on any atom is 0.135 e. The minimum Gasteiger partial charge on any atom is -0.509 e. The van der Waals surface area contributed by atoms with E-state index in [2.05, 4.69) is 248 Å². The Morgan fingerprint density at radius 1 is 0.500 bits per heavy atom. The molecule has 0 bridgehead atoms. The van der Waals surface area contributed by atoms with Crippen molar-refractivity contribution >= 4 is 33.2 Å². The van der Waals surface area contributed by atoms with Crippen molar-refractivity contribution < 1.29 is 25.8 Å². The van der Waals surface area contributed by atoms with Gasteiger partial charge in [0.15, 0.2) is 0 Å². The number of fused-ring (bicyclic) bond motifs is 3.